The van der Waals surface area contributed by atoms with Crippen LogP contribution < -0.4 is 21.3 Å². The molecular formula is C24H32N3O3. The molecule has 0 spiro atoms. The molecule has 6 heteroatoms. The number of carbonyl (C=O) groups is 1. The predicted molar refractivity (Wildman–Crippen MR) is 122 cm³/mol. The molecule has 4 N–H and O–H groups in total. The van der Waals surface area contributed by atoms with Crippen LogP contribution in [0, 0.1) is 13.3 Å². The second-order valence-corrected chi connectivity index (χ2v) is 7.60. The zero-order valence-corrected chi connectivity index (χ0v) is 18.1. The van der Waals surface area contributed by atoms with Gasteiger partial charge in [0.1, 0.15) is 11.4 Å². The van der Waals surface area contributed by atoms with Crippen LogP contribution in [0.5, 0.6) is 5.75 Å². The molecule has 1 radical (unpaired) electrons. The smallest absolute Gasteiger partial charge is 0.306 e. The second kappa shape index (κ2) is 9.22. The number of hydrogen-bond acceptors (Lipinski definition) is 6. The molecule has 0 bridgehead atoms. The molecule has 3 rings (SSSR count). The topological polar surface area (TPSA) is 90.8 Å². The summed E-state index contributed by atoms with van der Waals surface area (Å²) in [6.07, 6.45) is 5.35. The van der Waals surface area contributed by atoms with E-state index < -0.39 is 0 Å². The van der Waals surface area contributed by atoms with Crippen LogP contribution in [-0.2, 0) is 16.0 Å². The number of carbonyl (C=O) groups excluding carboxylic acids is 1. The van der Waals surface area contributed by atoms with Crippen molar-refractivity contribution in [1.82, 2.24) is 0 Å². The lowest BCUT2D eigenvalue weighted by molar-refractivity contribution is -0.143. The Hall–Kier alpha value is -2.99. The Labute approximate surface area is 179 Å². The van der Waals surface area contributed by atoms with Gasteiger partial charge < -0.3 is 20.2 Å². The minimum absolute atomic E-state index is 0. The Balaban J connectivity index is 0.00000341. The van der Waals surface area contributed by atoms with Gasteiger partial charge in [0.15, 0.2) is 0 Å². The fourth-order valence-corrected chi connectivity index (χ4v) is 3.70. The highest BCUT2D eigenvalue weighted by Crippen LogP contribution is 2.39. The maximum atomic E-state index is 12.4. The molecule has 1 unspecified atom stereocenters. The number of rotatable bonds is 9. The first-order chi connectivity index (χ1) is 14.3. The minimum atomic E-state index is -0.250. The number of allylic oxidation sites excluding steroid dienone is 2. The Morgan fingerprint density at radius 3 is 2.57 bits per heavy atom. The number of hydrazine groups is 1. The summed E-state index contributed by atoms with van der Waals surface area (Å²) in [5.74, 6) is 6.03. The van der Waals surface area contributed by atoms with E-state index in [1.165, 1.54) is 21.7 Å². The predicted octanol–water partition coefficient (Wildman–Crippen LogP) is 3.91. The third-order valence-electron chi connectivity index (χ3n) is 5.35. The number of hydrogen-bond donors (Lipinski definition) is 2. The van der Waals surface area contributed by atoms with Crippen molar-refractivity contribution in [2.45, 2.75) is 32.6 Å². The fraction of sp³-hybridized carbons (Fsp3) is 0.333. The van der Waals surface area contributed by atoms with Crippen molar-refractivity contribution in [1.29, 1.82) is 0 Å². The van der Waals surface area contributed by atoms with Gasteiger partial charge in [0.25, 0.3) is 0 Å². The van der Waals surface area contributed by atoms with Crippen LogP contribution >= 0.6 is 0 Å². The van der Waals surface area contributed by atoms with Gasteiger partial charge in [-0.05, 0) is 54.7 Å². The number of aryl methyl sites for hydroxylation is 1. The molecule has 161 valence electrons. The number of ether oxygens (including phenoxy) is 2. The largest absolute Gasteiger partial charge is 0.494 e. The van der Waals surface area contributed by atoms with E-state index in [2.05, 4.69) is 37.6 Å². The molecule has 30 heavy (non-hydrogen) atoms. The highest BCUT2D eigenvalue weighted by Gasteiger charge is 2.24. The van der Waals surface area contributed by atoms with Crippen molar-refractivity contribution in [2.24, 2.45) is 5.84 Å². The van der Waals surface area contributed by atoms with E-state index in [0.717, 1.165) is 17.5 Å². The second-order valence-electron chi connectivity index (χ2n) is 7.60. The summed E-state index contributed by atoms with van der Waals surface area (Å²) in [4.78, 5) is 12.4. The van der Waals surface area contributed by atoms with Crippen LogP contribution in [0.15, 0.2) is 42.0 Å². The molecule has 0 aromatic heterocycles. The van der Waals surface area contributed by atoms with Crippen molar-refractivity contribution in [2.75, 3.05) is 31.5 Å². The van der Waals surface area contributed by atoms with Crippen molar-refractivity contribution in [3.8, 4) is 5.75 Å². The zero-order valence-electron chi connectivity index (χ0n) is 18.1. The lowest BCUT2D eigenvalue weighted by Crippen LogP contribution is -2.26. The normalized spacial score (nSPS) is 13.4. The van der Waals surface area contributed by atoms with Gasteiger partial charge in [-0.1, -0.05) is 29.8 Å². The van der Waals surface area contributed by atoms with Crippen molar-refractivity contribution in [3.63, 3.8) is 0 Å². The van der Waals surface area contributed by atoms with Crippen LogP contribution in [-0.4, -0.2) is 26.7 Å². The van der Waals surface area contributed by atoms with Gasteiger partial charge in [-0.15, -0.1) is 0 Å². The summed E-state index contributed by atoms with van der Waals surface area (Å²) in [6, 6.07) is 10.1. The molecule has 0 saturated carbocycles. The number of methoxy groups -OCH3 is 1. The summed E-state index contributed by atoms with van der Waals surface area (Å²) in [5, 5.41) is 1.43. The molecule has 6 nitrogen and oxygen atoms in total. The van der Waals surface area contributed by atoms with Gasteiger partial charge in [0, 0.05) is 20.8 Å². The zero-order chi connectivity index (χ0) is 21.8. The van der Waals surface area contributed by atoms with Crippen molar-refractivity contribution in [3.05, 3.63) is 70.7 Å². The Kier molecular flexibility index (Phi) is 6.67. The molecule has 0 saturated heterocycles. The Bertz CT molecular complexity index is 973. The number of nitrogens with two attached hydrogens (primary N) is 2. The number of nitrogen functional groups attached to an aromatic ring is 1. The average Bonchev–Trinajstić information content (AvgIpc) is 3.51. The molecule has 0 fully saturated rings. The van der Waals surface area contributed by atoms with Crippen LogP contribution in [0.25, 0.3) is 0 Å². The SMILES string of the molecule is CCOC(=O)CC(c1ccc(C)c(CC2=C[CH]2)c1)c1cc(N)c(N(C)N)c(OC)c1.[HH]. The van der Waals surface area contributed by atoms with E-state index in [1.807, 2.05) is 19.1 Å². The summed E-state index contributed by atoms with van der Waals surface area (Å²) >= 11 is 0. The van der Waals surface area contributed by atoms with E-state index in [0.29, 0.717) is 23.7 Å². The van der Waals surface area contributed by atoms with Gasteiger partial charge in [-0.3, -0.25) is 4.79 Å². The van der Waals surface area contributed by atoms with E-state index in [-0.39, 0.29) is 19.7 Å². The third kappa shape index (κ3) is 4.94. The fourth-order valence-electron chi connectivity index (χ4n) is 3.70. The maximum Gasteiger partial charge on any atom is 0.306 e. The molecule has 1 aliphatic carbocycles. The monoisotopic (exact) mass is 410 g/mol. The highest BCUT2D eigenvalue weighted by molar-refractivity contribution is 5.77. The van der Waals surface area contributed by atoms with Crippen LogP contribution in [0.4, 0.5) is 11.4 Å². The molecule has 1 atom stereocenters. The number of esters is 1. The molecule has 2 aromatic rings. The number of nitrogens with zero attached hydrogens (tertiary/aromatic N) is 1. The van der Waals surface area contributed by atoms with Crippen LogP contribution in [0.3, 0.4) is 0 Å². The third-order valence-corrected chi connectivity index (χ3v) is 5.35. The van der Waals surface area contributed by atoms with E-state index in [9.17, 15) is 4.79 Å². The Morgan fingerprint density at radius 2 is 1.97 bits per heavy atom. The first kappa shape index (κ1) is 21.7. The quantitative estimate of drug-likeness (QED) is 0.282. The molecular weight excluding hydrogens is 378 g/mol. The lowest BCUT2D eigenvalue weighted by atomic mass is 9.85. The van der Waals surface area contributed by atoms with E-state index in [1.54, 1.807) is 14.2 Å². The minimum Gasteiger partial charge on any atom is -0.494 e. The van der Waals surface area contributed by atoms with Gasteiger partial charge >= 0.3 is 5.97 Å². The van der Waals surface area contributed by atoms with Crippen LogP contribution in [0.1, 0.15) is 42.9 Å². The molecule has 2 aromatic carbocycles. The average molecular weight is 411 g/mol. The summed E-state index contributed by atoms with van der Waals surface area (Å²) in [5.41, 5.74) is 13.1. The molecule has 0 heterocycles. The van der Waals surface area contributed by atoms with Crippen molar-refractivity contribution < 1.29 is 15.7 Å². The lowest BCUT2D eigenvalue weighted by Gasteiger charge is -2.23. The van der Waals surface area contributed by atoms with Gasteiger partial charge in [0.2, 0.25) is 0 Å². The first-order valence-corrected chi connectivity index (χ1v) is 10.1. The summed E-state index contributed by atoms with van der Waals surface area (Å²) in [7, 11) is 3.29. The van der Waals surface area contributed by atoms with Crippen LogP contribution in [0.2, 0.25) is 0 Å². The highest BCUT2D eigenvalue weighted by atomic mass is 16.5. The standard InChI is InChI=1S/C24H30N3O3.H2/c1-5-30-23(28)14-20(17-9-6-15(2)18(11-17)10-16-7-8-16)19-12-21(25)24(27(3)26)22(13-19)29-4;/h6-9,11-13,20H,5,10,14,25-26H2,1-4H3;1H. The van der Waals surface area contributed by atoms with Crippen molar-refractivity contribution >= 4 is 17.3 Å². The van der Waals surface area contributed by atoms with Gasteiger partial charge in [-0.25, -0.2) is 5.84 Å². The Morgan fingerprint density at radius 1 is 1.23 bits per heavy atom. The van der Waals surface area contributed by atoms with Gasteiger partial charge in [0.05, 0.1) is 25.8 Å². The maximum absolute atomic E-state index is 12.4. The molecule has 1 aliphatic rings. The van der Waals surface area contributed by atoms with E-state index >= 15 is 0 Å². The molecule has 0 amide bonds. The molecule has 0 aliphatic heterocycles. The van der Waals surface area contributed by atoms with Gasteiger partial charge in [-0.2, -0.15) is 0 Å². The van der Waals surface area contributed by atoms with E-state index in [4.69, 9.17) is 21.1 Å². The number of anilines is 2. The first-order valence-electron chi connectivity index (χ1n) is 10.1. The summed E-state index contributed by atoms with van der Waals surface area (Å²) < 4.78 is 10.8. The summed E-state index contributed by atoms with van der Waals surface area (Å²) in [6.45, 7) is 4.26. The number of benzene rings is 2.